The Morgan fingerprint density at radius 1 is 1.81 bits per heavy atom. The van der Waals surface area contributed by atoms with Gasteiger partial charge in [-0.3, -0.25) is 9.48 Å². The highest BCUT2D eigenvalue weighted by molar-refractivity contribution is 5.98. The average molecular weight is 221 g/mol. The molecule has 0 bridgehead atoms. The van der Waals surface area contributed by atoms with Gasteiger partial charge < -0.3 is 10.1 Å². The number of anilines is 1. The Balaban J connectivity index is 1.91. The SMILES string of the molecule is C=CC(=O)Nc1cnn(C[C@H]2CCCO2)c1. The molecular weight excluding hydrogens is 206 g/mol. The second-order valence-corrected chi connectivity index (χ2v) is 3.78. The number of hydrogen-bond donors (Lipinski definition) is 1. The Kier molecular flexibility index (Phi) is 3.36. The van der Waals surface area contributed by atoms with E-state index in [1.165, 1.54) is 6.08 Å². The molecule has 16 heavy (non-hydrogen) atoms. The number of nitrogens with one attached hydrogen (secondary N) is 1. The zero-order valence-electron chi connectivity index (χ0n) is 9.06. The van der Waals surface area contributed by atoms with E-state index in [4.69, 9.17) is 4.74 Å². The first-order valence-electron chi connectivity index (χ1n) is 5.35. The van der Waals surface area contributed by atoms with E-state index in [-0.39, 0.29) is 12.0 Å². The van der Waals surface area contributed by atoms with Crippen molar-refractivity contribution < 1.29 is 9.53 Å². The molecule has 5 heteroatoms. The Labute approximate surface area is 94.1 Å². The number of amides is 1. The Bertz CT molecular complexity index is 380. The van der Waals surface area contributed by atoms with Crippen molar-refractivity contribution in [2.45, 2.75) is 25.5 Å². The second-order valence-electron chi connectivity index (χ2n) is 3.78. The maximum atomic E-state index is 11.0. The normalized spacial score (nSPS) is 19.6. The van der Waals surface area contributed by atoms with Gasteiger partial charge in [0.05, 0.1) is 24.5 Å². The van der Waals surface area contributed by atoms with Gasteiger partial charge in [0.15, 0.2) is 0 Å². The Morgan fingerprint density at radius 2 is 2.69 bits per heavy atom. The van der Waals surface area contributed by atoms with Crippen LogP contribution in [0.15, 0.2) is 25.0 Å². The molecule has 5 nitrogen and oxygen atoms in total. The maximum Gasteiger partial charge on any atom is 0.247 e. The summed E-state index contributed by atoms with van der Waals surface area (Å²) in [4.78, 5) is 11.0. The first-order valence-corrected chi connectivity index (χ1v) is 5.35. The summed E-state index contributed by atoms with van der Waals surface area (Å²) >= 11 is 0. The van der Waals surface area contributed by atoms with Crippen molar-refractivity contribution in [3.8, 4) is 0 Å². The van der Waals surface area contributed by atoms with E-state index in [0.717, 1.165) is 26.0 Å². The number of carbonyl (C=O) groups excluding carboxylic acids is 1. The lowest BCUT2D eigenvalue weighted by Gasteiger charge is -2.08. The quantitative estimate of drug-likeness (QED) is 0.777. The lowest BCUT2D eigenvalue weighted by atomic mass is 10.2. The predicted molar refractivity (Wildman–Crippen MR) is 60.0 cm³/mol. The summed E-state index contributed by atoms with van der Waals surface area (Å²) in [5, 5.41) is 6.81. The molecule has 1 aromatic rings. The van der Waals surface area contributed by atoms with E-state index in [1.807, 2.05) is 0 Å². The second kappa shape index (κ2) is 4.94. The third kappa shape index (κ3) is 2.70. The third-order valence-electron chi connectivity index (χ3n) is 2.50. The first kappa shape index (κ1) is 10.9. The molecule has 1 aliphatic rings. The molecule has 0 spiro atoms. The van der Waals surface area contributed by atoms with Crippen molar-refractivity contribution in [3.05, 3.63) is 25.0 Å². The minimum Gasteiger partial charge on any atom is -0.376 e. The van der Waals surface area contributed by atoms with Gasteiger partial charge in [0.2, 0.25) is 5.91 Å². The molecule has 1 aromatic heterocycles. The number of hydrogen-bond acceptors (Lipinski definition) is 3. The highest BCUT2D eigenvalue weighted by Gasteiger charge is 2.16. The Hall–Kier alpha value is -1.62. The van der Waals surface area contributed by atoms with Gasteiger partial charge in [-0.15, -0.1) is 0 Å². The lowest BCUT2D eigenvalue weighted by molar-refractivity contribution is -0.111. The average Bonchev–Trinajstić information content (AvgIpc) is 2.91. The third-order valence-corrected chi connectivity index (χ3v) is 2.50. The van der Waals surface area contributed by atoms with E-state index < -0.39 is 0 Å². The summed E-state index contributed by atoms with van der Waals surface area (Å²) in [6.07, 6.45) is 7.10. The lowest BCUT2D eigenvalue weighted by Crippen LogP contribution is -2.15. The van der Waals surface area contributed by atoms with Crippen molar-refractivity contribution in [3.63, 3.8) is 0 Å². The molecule has 1 saturated heterocycles. The zero-order chi connectivity index (χ0) is 11.4. The molecule has 1 atom stereocenters. The van der Waals surface area contributed by atoms with Gasteiger partial charge in [-0.25, -0.2) is 0 Å². The fourth-order valence-corrected chi connectivity index (χ4v) is 1.72. The van der Waals surface area contributed by atoms with E-state index >= 15 is 0 Å². The largest absolute Gasteiger partial charge is 0.376 e. The van der Waals surface area contributed by atoms with E-state index in [2.05, 4.69) is 17.0 Å². The molecule has 1 N–H and O–H groups in total. The van der Waals surface area contributed by atoms with Crippen molar-refractivity contribution in [1.29, 1.82) is 0 Å². The van der Waals surface area contributed by atoms with Gasteiger partial charge in [0.25, 0.3) is 0 Å². The van der Waals surface area contributed by atoms with Crippen molar-refractivity contribution >= 4 is 11.6 Å². The summed E-state index contributed by atoms with van der Waals surface area (Å²) in [6, 6.07) is 0. The molecule has 1 fully saturated rings. The smallest absolute Gasteiger partial charge is 0.247 e. The molecule has 0 saturated carbocycles. The molecular formula is C11H15N3O2. The fourth-order valence-electron chi connectivity index (χ4n) is 1.72. The predicted octanol–water partition coefficient (Wildman–Crippen LogP) is 1.19. The fraction of sp³-hybridized carbons (Fsp3) is 0.455. The van der Waals surface area contributed by atoms with Gasteiger partial charge >= 0.3 is 0 Å². The number of ether oxygens (including phenoxy) is 1. The van der Waals surface area contributed by atoms with Gasteiger partial charge in [-0.2, -0.15) is 5.10 Å². The summed E-state index contributed by atoms with van der Waals surface area (Å²) in [5.74, 6) is -0.225. The summed E-state index contributed by atoms with van der Waals surface area (Å²) in [6.45, 7) is 4.97. The standard InChI is InChI=1S/C11H15N3O2/c1-2-11(15)13-9-6-12-14(7-9)8-10-4-3-5-16-10/h2,6-7,10H,1,3-5,8H2,(H,13,15)/t10-/m1/s1. The van der Waals surface area contributed by atoms with Crippen LogP contribution in [0, 0.1) is 0 Å². The van der Waals surface area contributed by atoms with Crippen LogP contribution in [0.3, 0.4) is 0 Å². The monoisotopic (exact) mass is 221 g/mol. The van der Waals surface area contributed by atoms with Gasteiger partial charge in [0.1, 0.15) is 0 Å². The minimum atomic E-state index is -0.225. The van der Waals surface area contributed by atoms with Crippen LogP contribution >= 0.6 is 0 Å². The van der Waals surface area contributed by atoms with Crippen molar-refractivity contribution in [1.82, 2.24) is 9.78 Å². The molecule has 0 unspecified atom stereocenters. The molecule has 0 radical (unpaired) electrons. The van der Waals surface area contributed by atoms with Crippen LogP contribution < -0.4 is 5.32 Å². The van der Waals surface area contributed by atoms with Gasteiger partial charge in [-0.1, -0.05) is 6.58 Å². The van der Waals surface area contributed by atoms with E-state index in [1.54, 1.807) is 17.1 Å². The molecule has 2 heterocycles. The number of carbonyl (C=O) groups is 1. The first-order chi connectivity index (χ1) is 7.78. The molecule has 1 aliphatic heterocycles. The van der Waals surface area contributed by atoms with Crippen LogP contribution in [-0.2, 0) is 16.1 Å². The summed E-state index contributed by atoms with van der Waals surface area (Å²) < 4.78 is 7.29. The van der Waals surface area contributed by atoms with Crippen LogP contribution in [0.4, 0.5) is 5.69 Å². The Morgan fingerprint density at radius 3 is 3.38 bits per heavy atom. The van der Waals surface area contributed by atoms with Crippen LogP contribution in [-0.4, -0.2) is 28.4 Å². The number of nitrogens with zero attached hydrogens (tertiary/aromatic N) is 2. The van der Waals surface area contributed by atoms with Gasteiger partial charge in [0, 0.05) is 12.8 Å². The van der Waals surface area contributed by atoms with Crippen LogP contribution in [0.1, 0.15) is 12.8 Å². The highest BCUT2D eigenvalue weighted by Crippen LogP contribution is 2.14. The van der Waals surface area contributed by atoms with E-state index in [9.17, 15) is 4.79 Å². The van der Waals surface area contributed by atoms with Crippen LogP contribution in [0.25, 0.3) is 0 Å². The zero-order valence-corrected chi connectivity index (χ0v) is 9.06. The maximum absolute atomic E-state index is 11.0. The molecule has 0 aliphatic carbocycles. The number of rotatable bonds is 4. The topological polar surface area (TPSA) is 56.2 Å². The van der Waals surface area contributed by atoms with Crippen LogP contribution in [0.5, 0.6) is 0 Å². The summed E-state index contributed by atoms with van der Waals surface area (Å²) in [7, 11) is 0. The summed E-state index contributed by atoms with van der Waals surface area (Å²) in [5.41, 5.74) is 0.683. The van der Waals surface area contributed by atoms with E-state index in [0.29, 0.717) is 5.69 Å². The minimum absolute atomic E-state index is 0.225. The highest BCUT2D eigenvalue weighted by atomic mass is 16.5. The van der Waals surface area contributed by atoms with Crippen LogP contribution in [0.2, 0.25) is 0 Å². The van der Waals surface area contributed by atoms with Gasteiger partial charge in [-0.05, 0) is 18.9 Å². The number of aromatic nitrogens is 2. The van der Waals surface area contributed by atoms with Crippen molar-refractivity contribution in [2.24, 2.45) is 0 Å². The molecule has 86 valence electrons. The van der Waals surface area contributed by atoms with Crippen molar-refractivity contribution in [2.75, 3.05) is 11.9 Å². The molecule has 2 rings (SSSR count). The molecule has 0 aromatic carbocycles. The molecule has 1 amide bonds.